The van der Waals surface area contributed by atoms with Crippen LogP contribution in [0.3, 0.4) is 0 Å². The summed E-state index contributed by atoms with van der Waals surface area (Å²) in [5.74, 6) is 1.08. The van der Waals surface area contributed by atoms with Gasteiger partial charge in [0.15, 0.2) is 0 Å². The van der Waals surface area contributed by atoms with E-state index in [0.717, 1.165) is 63.4 Å². The fourth-order valence-corrected chi connectivity index (χ4v) is 9.15. The third-order valence-corrected chi connectivity index (χ3v) is 11.6. The van der Waals surface area contributed by atoms with Crippen LogP contribution in [0.4, 0.5) is 17.1 Å². The van der Waals surface area contributed by atoms with E-state index >= 15 is 0 Å². The van der Waals surface area contributed by atoms with E-state index in [2.05, 4.69) is 173 Å². The monoisotopic (exact) mass is 703 g/mol. The predicted octanol–water partition coefficient (Wildman–Crippen LogP) is 13.8. The molecule has 0 spiro atoms. The minimum absolute atomic E-state index is 0.922. The van der Waals surface area contributed by atoms with Crippen molar-refractivity contribution < 1.29 is 4.42 Å². The standard InChI is InChI=1S/C51H33N3O/c1-2-13-35(14-3-1)53-45-24-22-32(29-41(45)37-15-5-6-17-39(37)50-47(53)26-27-49-51(50)40-18-8-11-21-48(40)55-49)33-23-25-46-42(30-33)38-16-7-10-20-44(38)54(46)36-28-34-12-4-9-19-43(34)52-31-36/h1-10,12-20,22-31H,11,21H2. The zero-order valence-corrected chi connectivity index (χ0v) is 29.9. The van der Waals surface area contributed by atoms with E-state index in [4.69, 9.17) is 9.40 Å². The van der Waals surface area contributed by atoms with Crippen molar-refractivity contribution in [2.75, 3.05) is 4.90 Å². The number of allylic oxidation sites excluding steroid dienone is 1. The Bertz CT molecular complexity index is 3220. The molecule has 2 aliphatic rings. The van der Waals surface area contributed by atoms with Crippen LogP contribution in [0.5, 0.6) is 0 Å². The third-order valence-electron chi connectivity index (χ3n) is 11.6. The van der Waals surface area contributed by atoms with Crippen LogP contribution in [-0.4, -0.2) is 9.55 Å². The van der Waals surface area contributed by atoms with Gasteiger partial charge in [-0.2, -0.15) is 0 Å². The Morgan fingerprint density at radius 3 is 2.27 bits per heavy atom. The molecule has 4 heteroatoms. The number of nitrogens with zero attached hydrogens (tertiary/aromatic N) is 3. The molecule has 0 saturated heterocycles. The molecule has 4 heterocycles. The molecule has 10 aromatic rings. The van der Waals surface area contributed by atoms with E-state index in [0.29, 0.717) is 0 Å². The number of fused-ring (bicyclic) bond motifs is 13. The highest BCUT2D eigenvalue weighted by Crippen LogP contribution is 2.54. The molecule has 0 saturated carbocycles. The van der Waals surface area contributed by atoms with Gasteiger partial charge in [0.05, 0.1) is 39.8 Å². The van der Waals surface area contributed by atoms with E-state index < -0.39 is 0 Å². The fourth-order valence-electron chi connectivity index (χ4n) is 9.15. The Morgan fingerprint density at radius 2 is 1.33 bits per heavy atom. The van der Waals surface area contributed by atoms with Crippen LogP contribution >= 0.6 is 0 Å². The molecule has 4 nitrogen and oxygen atoms in total. The number of rotatable bonds is 3. The van der Waals surface area contributed by atoms with Gasteiger partial charge in [-0.05, 0) is 95.4 Å². The zero-order chi connectivity index (χ0) is 36.0. The van der Waals surface area contributed by atoms with Crippen molar-refractivity contribution in [2.24, 2.45) is 0 Å². The molecule has 1 aliphatic carbocycles. The van der Waals surface area contributed by atoms with E-state index in [-0.39, 0.29) is 0 Å². The number of anilines is 3. The first-order valence-electron chi connectivity index (χ1n) is 19.0. The molecule has 0 N–H and O–H groups in total. The van der Waals surface area contributed by atoms with Gasteiger partial charge in [0.1, 0.15) is 11.3 Å². The summed E-state index contributed by atoms with van der Waals surface area (Å²) < 4.78 is 8.89. The van der Waals surface area contributed by atoms with Gasteiger partial charge in [0, 0.05) is 50.3 Å². The maximum atomic E-state index is 6.55. The SMILES string of the molecule is C1=Cc2c(oc3ccc4c(c23)-c2ccccc2-c2cc(-c3ccc5c(c3)c3ccccc3n5-c3cnc5ccccc5c3)ccc2N4c2ccccc2)CC1. The molecular weight excluding hydrogens is 671 g/mol. The summed E-state index contributed by atoms with van der Waals surface area (Å²) in [6, 6.07) is 57.2. The van der Waals surface area contributed by atoms with Crippen molar-refractivity contribution in [1.82, 2.24) is 9.55 Å². The quantitative estimate of drug-likeness (QED) is 0.184. The van der Waals surface area contributed by atoms with Gasteiger partial charge in [0.2, 0.25) is 0 Å². The normalized spacial score (nSPS) is 13.2. The molecule has 0 bridgehead atoms. The highest BCUT2D eigenvalue weighted by molar-refractivity contribution is 6.14. The van der Waals surface area contributed by atoms with E-state index in [1.165, 1.54) is 60.6 Å². The van der Waals surface area contributed by atoms with Gasteiger partial charge < -0.3 is 13.9 Å². The number of benzene rings is 7. The van der Waals surface area contributed by atoms with Gasteiger partial charge in [-0.1, -0.05) is 103 Å². The largest absolute Gasteiger partial charge is 0.460 e. The third kappa shape index (κ3) is 4.49. The van der Waals surface area contributed by atoms with Crippen LogP contribution in [0.15, 0.2) is 174 Å². The predicted molar refractivity (Wildman–Crippen MR) is 228 cm³/mol. The molecular formula is C51H33N3O. The first kappa shape index (κ1) is 30.3. The number of para-hydroxylation sites is 3. The van der Waals surface area contributed by atoms with E-state index in [9.17, 15) is 0 Å². The molecule has 0 unspecified atom stereocenters. The molecule has 0 amide bonds. The van der Waals surface area contributed by atoms with E-state index in [1.54, 1.807) is 0 Å². The molecule has 7 aromatic carbocycles. The number of aryl methyl sites for hydroxylation is 1. The second kappa shape index (κ2) is 11.7. The van der Waals surface area contributed by atoms with Crippen molar-refractivity contribution in [3.63, 3.8) is 0 Å². The van der Waals surface area contributed by atoms with Crippen molar-refractivity contribution in [3.05, 3.63) is 181 Å². The zero-order valence-electron chi connectivity index (χ0n) is 29.9. The second-order valence-corrected chi connectivity index (χ2v) is 14.6. The Labute approximate surface area is 317 Å². The number of furan rings is 1. The number of hydrogen-bond acceptors (Lipinski definition) is 3. The van der Waals surface area contributed by atoms with Crippen molar-refractivity contribution in [2.45, 2.75) is 12.8 Å². The number of aromatic nitrogens is 2. The highest BCUT2D eigenvalue weighted by atomic mass is 16.3. The maximum absolute atomic E-state index is 6.55. The van der Waals surface area contributed by atoms with Crippen LogP contribution < -0.4 is 4.90 Å². The summed E-state index contributed by atoms with van der Waals surface area (Å²) in [7, 11) is 0. The number of pyridine rings is 1. The summed E-state index contributed by atoms with van der Waals surface area (Å²) >= 11 is 0. The first-order chi connectivity index (χ1) is 27.3. The lowest BCUT2D eigenvalue weighted by Gasteiger charge is -2.28. The van der Waals surface area contributed by atoms with Gasteiger partial charge in [-0.25, -0.2) is 0 Å². The summed E-state index contributed by atoms with van der Waals surface area (Å²) in [6.07, 6.45) is 8.46. The van der Waals surface area contributed by atoms with Gasteiger partial charge >= 0.3 is 0 Å². The van der Waals surface area contributed by atoms with Crippen LogP contribution in [0.1, 0.15) is 17.7 Å². The Morgan fingerprint density at radius 1 is 0.564 bits per heavy atom. The Hall–Kier alpha value is -7.17. The van der Waals surface area contributed by atoms with Gasteiger partial charge in [0.25, 0.3) is 0 Å². The summed E-state index contributed by atoms with van der Waals surface area (Å²) in [6.45, 7) is 0. The lowest BCUT2D eigenvalue weighted by Crippen LogP contribution is -2.11. The molecule has 1 aliphatic heterocycles. The fraction of sp³-hybridized carbons (Fsp3) is 0.0392. The topological polar surface area (TPSA) is 34.2 Å². The smallest absolute Gasteiger partial charge is 0.135 e. The van der Waals surface area contributed by atoms with Crippen molar-refractivity contribution >= 4 is 66.8 Å². The lowest BCUT2D eigenvalue weighted by molar-refractivity contribution is 0.546. The minimum Gasteiger partial charge on any atom is -0.460 e. The molecule has 0 atom stereocenters. The van der Waals surface area contributed by atoms with Crippen molar-refractivity contribution in [3.8, 4) is 39.1 Å². The average molecular weight is 704 g/mol. The average Bonchev–Trinajstić information content (AvgIpc) is 3.76. The molecule has 0 fully saturated rings. The van der Waals surface area contributed by atoms with Crippen LogP contribution in [0.25, 0.3) is 88.8 Å². The molecule has 55 heavy (non-hydrogen) atoms. The molecule has 0 radical (unpaired) electrons. The van der Waals surface area contributed by atoms with Gasteiger partial charge in [-0.15, -0.1) is 0 Å². The highest BCUT2D eigenvalue weighted by Gasteiger charge is 2.30. The molecule has 12 rings (SSSR count). The minimum atomic E-state index is 0.922. The van der Waals surface area contributed by atoms with Crippen LogP contribution in [-0.2, 0) is 6.42 Å². The summed E-state index contributed by atoms with van der Waals surface area (Å²) in [5, 5.41) is 4.76. The summed E-state index contributed by atoms with van der Waals surface area (Å²) in [5.41, 5.74) is 17.1. The van der Waals surface area contributed by atoms with Gasteiger partial charge in [-0.3, -0.25) is 4.98 Å². The van der Waals surface area contributed by atoms with Crippen molar-refractivity contribution in [1.29, 1.82) is 0 Å². The van der Waals surface area contributed by atoms with Crippen LogP contribution in [0.2, 0.25) is 0 Å². The molecule has 3 aromatic heterocycles. The second-order valence-electron chi connectivity index (χ2n) is 14.6. The lowest BCUT2D eigenvalue weighted by atomic mass is 9.89. The maximum Gasteiger partial charge on any atom is 0.135 e. The van der Waals surface area contributed by atoms with E-state index in [1.807, 2.05) is 12.3 Å². The van der Waals surface area contributed by atoms with Crippen LogP contribution in [0, 0.1) is 0 Å². The summed E-state index contributed by atoms with van der Waals surface area (Å²) in [4.78, 5) is 7.27. The Balaban J connectivity index is 1.09. The Kier molecular flexibility index (Phi) is 6.43. The number of hydrogen-bond donors (Lipinski definition) is 0. The first-order valence-corrected chi connectivity index (χ1v) is 19.0. The molecule has 258 valence electrons.